The van der Waals surface area contributed by atoms with Gasteiger partial charge in [0, 0.05) is 5.56 Å². The normalized spacial score (nSPS) is 10.8. The molecule has 3 heteroatoms. The Morgan fingerprint density at radius 1 is 1.17 bits per heavy atom. The van der Waals surface area contributed by atoms with Crippen molar-refractivity contribution >= 4 is 6.21 Å². The lowest BCUT2D eigenvalue weighted by molar-refractivity contribution is 0.132. The molecule has 92 valence electrons. The van der Waals surface area contributed by atoms with Gasteiger partial charge in [-0.3, -0.25) is 0 Å². The fraction of sp³-hybridized carbons (Fsp3) is 0.133. The number of rotatable bonds is 4. The van der Waals surface area contributed by atoms with Gasteiger partial charge < -0.3 is 4.84 Å². The summed E-state index contributed by atoms with van der Waals surface area (Å²) < 4.78 is 13.2. The van der Waals surface area contributed by atoms with E-state index in [-0.39, 0.29) is 5.82 Å². The molecule has 0 N–H and O–H groups in total. The van der Waals surface area contributed by atoms with Gasteiger partial charge in [0.1, 0.15) is 12.4 Å². The standard InChI is InChI=1S/C15H14FNO/c1-12-5-4-6-13(9-12)11-18-17-10-14-7-2-3-8-15(14)16/h2-10H,11H2,1H3. The molecule has 0 aliphatic heterocycles. The second-order valence-electron chi connectivity index (χ2n) is 4.02. The zero-order valence-corrected chi connectivity index (χ0v) is 10.1. The van der Waals surface area contributed by atoms with Crippen molar-refractivity contribution in [3.8, 4) is 0 Å². The first-order chi connectivity index (χ1) is 8.75. The van der Waals surface area contributed by atoms with Gasteiger partial charge in [-0.05, 0) is 18.6 Å². The predicted molar refractivity (Wildman–Crippen MR) is 70.0 cm³/mol. The third kappa shape index (κ3) is 3.42. The van der Waals surface area contributed by atoms with Crippen molar-refractivity contribution in [3.05, 3.63) is 71.0 Å². The molecule has 0 atom stereocenters. The summed E-state index contributed by atoms with van der Waals surface area (Å²) in [5.74, 6) is -0.305. The molecule has 0 aliphatic rings. The van der Waals surface area contributed by atoms with Gasteiger partial charge in [0.2, 0.25) is 0 Å². The average Bonchev–Trinajstić information content (AvgIpc) is 2.37. The number of benzene rings is 2. The van der Waals surface area contributed by atoms with Crippen LogP contribution in [0.3, 0.4) is 0 Å². The molecule has 0 heterocycles. The van der Waals surface area contributed by atoms with Crippen LogP contribution in [0.2, 0.25) is 0 Å². The maximum Gasteiger partial charge on any atom is 0.142 e. The van der Waals surface area contributed by atoms with Crippen LogP contribution in [-0.2, 0) is 11.4 Å². The molecule has 0 aliphatic carbocycles. The van der Waals surface area contributed by atoms with E-state index in [4.69, 9.17) is 4.84 Å². The van der Waals surface area contributed by atoms with E-state index in [0.717, 1.165) is 5.56 Å². The monoisotopic (exact) mass is 243 g/mol. The minimum atomic E-state index is -0.305. The number of halogens is 1. The van der Waals surface area contributed by atoms with E-state index >= 15 is 0 Å². The van der Waals surface area contributed by atoms with Crippen molar-refractivity contribution in [3.63, 3.8) is 0 Å². The van der Waals surface area contributed by atoms with Crippen molar-refractivity contribution in [2.24, 2.45) is 5.16 Å². The Balaban J connectivity index is 1.91. The highest BCUT2D eigenvalue weighted by molar-refractivity contribution is 5.79. The minimum absolute atomic E-state index is 0.305. The molecule has 0 saturated heterocycles. The molecule has 0 aromatic heterocycles. The smallest absolute Gasteiger partial charge is 0.142 e. The van der Waals surface area contributed by atoms with Gasteiger partial charge in [-0.1, -0.05) is 53.2 Å². The minimum Gasteiger partial charge on any atom is -0.391 e. The lowest BCUT2D eigenvalue weighted by Gasteiger charge is -2.01. The first kappa shape index (κ1) is 12.3. The molecule has 0 saturated carbocycles. The summed E-state index contributed by atoms with van der Waals surface area (Å²) in [5.41, 5.74) is 2.64. The molecule has 2 rings (SSSR count). The molecule has 0 fully saturated rings. The predicted octanol–water partition coefficient (Wildman–Crippen LogP) is 3.68. The van der Waals surface area contributed by atoms with Gasteiger partial charge in [-0.2, -0.15) is 0 Å². The summed E-state index contributed by atoms with van der Waals surface area (Å²) in [6, 6.07) is 14.4. The van der Waals surface area contributed by atoms with Crippen molar-refractivity contribution in [1.82, 2.24) is 0 Å². The second kappa shape index (κ2) is 5.96. The van der Waals surface area contributed by atoms with Gasteiger partial charge >= 0.3 is 0 Å². The lowest BCUT2D eigenvalue weighted by atomic mass is 10.1. The van der Waals surface area contributed by atoms with E-state index in [9.17, 15) is 4.39 Å². The van der Waals surface area contributed by atoms with Crippen LogP contribution < -0.4 is 0 Å². The Kier molecular flexibility index (Phi) is 4.07. The Morgan fingerprint density at radius 3 is 2.78 bits per heavy atom. The van der Waals surface area contributed by atoms with Crippen LogP contribution in [0.4, 0.5) is 4.39 Å². The van der Waals surface area contributed by atoms with Crippen LogP contribution in [0.5, 0.6) is 0 Å². The van der Waals surface area contributed by atoms with E-state index in [0.29, 0.717) is 12.2 Å². The van der Waals surface area contributed by atoms with E-state index < -0.39 is 0 Å². The lowest BCUT2D eigenvalue weighted by Crippen LogP contribution is -1.90. The van der Waals surface area contributed by atoms with Gasteiger partial charge in [0.05, 0.1) is 6.21 Å². The van der Waals surface area contributed by atoms with Crippen LogP contribution in [0.15, 0.2) is 53.7 Å². The topological polar surface area (TPSA) is 21.6 Å². The molecule has 0 unspecified atom stereocenters. The summed E-state index contributed by atoms with van der Waals surface area (Å²) in [5, 5.41) is 3.76. The molecular weight excluding hydrogens is 229 g/mol. The van der Waals surface area contributed by atoms with Crippen molar-refractivity contribution < 1.29 is 9.23 Å². The number of nitrogens with zero attached hydrogens (tertiary/aromatic N) is 1. The first-order valence-electron chi connectivity index (χ1n) is 5.71. The highest BCUT2D eigenvalue weighted by atomic mass is 19.1. The first-order valence-corrected chi connectivity index (χ1v) is 5.71. The Bertz CT molecular complexity index is 552. The summed E-state index contributed by atoms with van der Waals surface area (Å²) in [6.07, 6.45) is 1.38. The number of hydrogen-bond donors (Lipinski definition) is 0. The average molecular weight is 243 g/mol. The highest BCUT2D eigenvalue weighted by Crippen LogP contribution is 2.06. The largest absolute Gasteiger partial charge is 0.391 e. The number of hydrogen-bond acceptors (Lipinski definition) is 2. The fourth-order valence-corrected chi connectivity index (χ4v) is 1.59. The van der Waals surface area contributed by atoms with Crippen LogP contribution in [0.1, 0.15) is 16.7 Å². The zero-order valence-electron chi connectivity index (χ0n) is 10.1. The van der Waals surface area contributed by atoms with Crippen molar-refractivity contribution in [2.45, 2.75) is 13.5 Å². The van der Waals surface area contributed by atoms with Crippen LogP contribution in [0.25, 0.3) is 0 Å². The summed E-state index contributed by atoms with van der Waals surface area (Å²) >= 11 is 0. The van der Waals surface area contributed by atoms with Crippen LogP contribution in [-0.4, -0.2) is 6.21 Å². The Hall–Kier alpha value is -2.16. The van der Waals surface area contributed by atoms with Gasteiger partial charge in [0.25, 0.3) is 0 Å². The molecular formula is C15H14FNO. The van der Waals surface area contributed by atoms with E-state index in [1.54, 1.807) is 18.2 Å². The SMILES string of the molecule is Cc1cccc(CON=Cc2ccccc2F)c1. The summed E-state index contributed by atoms with van der Waals surface area (Å²) in [7, 11) is 0. The molecule has 0 spiro atoms. The third-order valence-corrected chi connectivity index (χ3v) is 2.49. The molecule has 0 bridgehead atoms. The summed E-state index contributed by atoms with van der Waals surface area (Å²) in [4.78, 5) is 5.14. The van der Waals surface area contributed by atoms with Gasteiger partial charge in [0.15, 0.2) is 0 Å². The zero-order chi connectivity index (χ0) is 12.8. The van der Waals surface area contributed by atoms with E-state index in [1.165, 1.54) is 17.8 Å². The Labute approximate surface area is 106 Å². The van der Waals surface area contributed by atoms with Gasteiger partial charge in [-0.25, -0.2) is 4.39 Å². The maximum absolute atomic E-state index is 13.2. The van der Waals surface area contributed by atoms with Crippen molar-refractivity contribution in [1.29, 1.82) is 0 Å². The quantitative estimate of drug-likeness (QED) is 0.593. The van der Waals surface area contributed by atoms with Crippen molar-refractivity contribution in [2.75, 3.05) is 0 Å². The Morgan fingerprint density at radius 2 is 2.00 bits per heavy atom. The molecule has 2 nitrogen and oxygen atoms in total. The fourth-order valence-electron chi connectivity index (χ4n) is 1.59. The van der Waals surface area contributed by atoms with Crippen LogP contribution in [0, 0.1) is 12.7 Å². The highest BCUT2D eigenvalue weighted by Gasteiger charge is 1.96. The number of oxime groups is 1. The van der Waals surface area contributed by atoms with E-state index in [2.05, 4.69) is 5.16 Å². The molecule has 0 radical (unpaired) electrons. The third-order valence-electron chi connectivity index (χ3n) is 2.49. The maximum atomic E-state index is 13.2. The molecule has 2 aromatic carbocycles. The van der Waals surface area contributed by atoms with Crippen LogP contribution >= 0.6 is 0 Å². The molecule has 0 amide bonds. The molecule has 2 aromatic rings. The second-order valence-corrected chi connectivity index (χ2v) is 4.02. The summed E-state index contributed by atoms with van der Waals surface area (Å²) in [6.45, 7) is 2.40. The number of aryl methyl sites for hydroxylation is 1. The van der Waals surface area contributed by atoms with Gasteiger partial charge in [-0.15, -0.1) is 0 Å². The molecule has 18 heavy (non-hydrogen) atoms. The van der Waals surface area contributed by atoms with E-state index in [1.807, 2.05) is 31.2 Å².